The number of hydrogen-bond acceptors (Lipinski definition) is 2. The zero-order valence-electron chi connectivity index (χ0n) is 6.84. The van der Waals surface area contributed by atoms with E-state index in [4.69, 9.17) is 4.74 Å². The average molecular weight is 268 g/mol. The summed E-state index contributed by atoms with van der Waals surface area (Å²) in [5.41, 5.74) is 0. The number of cyclic esters (lactones) is 1. The van der Waals surface area contributed by atoms with Crippen LogP contribution in [0.25, 0.3) is 0 Å². The van der Waals surface area contributed by atoms with Gasteiger partial charge in [0.2, 0.25) is 0 Å². The molecule has 1 saturated heterocycles. The summed E-state index contributed by atoms with van der Waals surface area (Å²) in [6.07, 6.45) is 1.07. The van der Waals surface area contributed by atoms with Crippen molar-refractivity contribution in [2.24, 2.45) is 11.8 Å². The first-order valence-electron chi connectivity index (χ1n) is 3.97. The highest BCUT2D eigenvalue weighted by molar-refractivity contribution is 14.1. The summed E-state index contributed by atoms with van der Waals surface area (Å²) in [5.74, 6) is 0.556. The Hall–Kier alpha value is 0.200. The monoisotopic (exact) mass is 268 g/mol. The Morgan fingerprint density at radius 3 is 2.55 bits per heavy atom. The molecule has 0 spiro atoms. The fourth-order valence-corrected chi connectivity index (χ4v) is 2.51. The van der Waals surface area contributed by atoms with Crippen LogP contribution in [0.2, 0.25) is 0 Å². The number of alkyl halides is 1. The molecular weight excluding hydrogens is 255 g/mol. The molecule has 1 aliphatic rings. The fraction of sp³-hybridized carbons (Fsp3) is 0.875. The molecule has 2 nitrogen and oxygen atoms in total. The normalized spacial score (nSPS) is 37.4. The second-order valence-corrected chi connectivity index (χ2v) is 3.88. The van der Waals surface area contributed by atoms with Crippen LogP contribution in [0.15, 0.2) is 0 Å². The molecule has 1 heterocycles. The number of carbonyl (C=O) groups is 1. The van der Waals surface area contributed by atoms with Crippen LogP contribution in [0, 0.1) is 11.8 Å². The van der Waals surface area contributed by atoms with Gasteiger partial charge in [-0.1, -0.05) is 36.4 Å². The average Bonchev–Trinajstić information content (AvgIpc) is 2.26. The van der Waals surface area contributed by atoms with Crippen LogP contribution < -0.4 is 0 Å². The highest BCUT2D eigenvalue weighted by atomic mass is 127. The van der Waals surface area contributed by atoms with E-state index in [1.54, 1.807) is 0 Å². The van der Waals surface area contributed by atoms with Crippen molar-refractivity contribution < 1.29 is 9.53 Å². The smallest absolute Gasteiger partial charge is 0.309 e. The molecule has 3 heteroatoms. The zero-order chi connectivity index (χ0) is 8.43. The van der Waals surface area contributed by atoms with Crippen LogP contribution in [0.4, 0.5) is 0 Å². The quantitative estimate of drug-likeness (QED) is 0.435. The molecule has 0 radical (unpaired) electrons. The summed E-state index contributed by atoms with van der Waals surface area (Å²) in [6.45, 7) is 4.14. The van der Waals surface area contributed by atoms with E-state index in [0.717, 1.165) is 10.8 Å². The van der Waals surface area contributed by atoms with Crippen LogP contribution in [0.1, 0.15) is 20.3 Å². The lowest BCUT2D eigenvalue weighted by Gasteiger charge is -2.11. The van der Waals surface area contributed by atoms with E-state index in [2.05, 4.69) is 29.5 Å². The Morgan fingerprint density at radius 1 is 1.64 bits per heavy atom. The van der Waals surface area contributed by atoms with E-state index in [9.17, 15) is 4.79 Å². The number of hydrogen-bond donors (Lipinski definition) is 0. The van der Waals surface area contributed by atoms with Crippen LogP contribution >= 0.6 is 22.6 Å². The Labute approximate surface area is 80.8 Å². The minimum Gasteiger partial charge on any atom is -0.461 e. The van der Waals surface area contributed by atoms with Gasteiger partial charge in [0.05, 0.1) is 5.92 Å². The highest BCUT2D eigenvalue weighted by Gasteiger charge is 2.39. The molecule has 11 heavy (non-hydrogen) atoms. The third kappa shape index (κ3) is 1.68. The van der Waals surface area contributed by atoms with Crippen molar-refractivity contribution in [3.8, 4) is 0 Å². The molecule has 0 N–H and O–H groups in total. The maximum atomic E-state index is 11.2. The van der Waals surface area contributed by atoms with Gasteiger partial charge in [-0.2, -0.15) is 0 Å². The summed E-state index contributed by atoms with van der Waals surface area (Å²) in [4.78, 5) is 11.2. The maximum absolute atomic E-state index is 11.2. The first-order chi connectivity index (χ1) is 5.20. The third-order valence-corrected chi connectivity index (χ3v) is 3.25. The van der Waals surface area contributed by atoms with Crippen molar-refractivity contribution in [1.29, 1.82) is 0 Å². The molecular formula is C8H13IO2. The third-order valence-electron chi connectivity index (χ3n) is 2.38. The minimum absolute atomic E-state index is 0.00154. The van der Waals surface area contributed by atoms with Gasteiger partial charge in [0, 0.05) is 10.3 Å². The Morgan fingerprint density at radius 2 is 2.27 bits per heavy atom. The minimum atomic E-state index is 0.00154. The molecule has 0 amide bonds. The summed E-state index contributed by atoms with van der Waals surface area (Å²) < 4.78 is 6.10. The Bertz CT molecular complexity index is 158. The molecule has 0 saturated carbocycles. The number of ether oxygens (including phenoxy) is 1. The molecule has 0 bridgehead atoms. The molecule has 3 atom stereocenters. The highest BCUT2D eigenvalue weighted by Crippen LogP contribution is 2.31. The summed E-state index contributed by atoms with van der Waals surface area (Å²) >= 11 is 2.26. The lowest BCUT2D eigenvalue weighted by molar-refractivity contribution is -0.143. The first kappa shape index (κ1) is 9.29. The van der Waals surface area contributed by atoms with Gasteiger partial charge in [-0.25, -0.2) is 0 Å². The second-order valence-electron chi connectivity index (χ2n) is 3.00. The van der Waals surface area contributed by atoms with Crippen LogP contribution in [0.3, 0.4) is 0 Å². The van der Waals surface area contributed by atoms with Gasteiger partial charge in [0.1, 0.15) is 6.10 Å². The van der Waals surface area contributed by atoms with Crippen LogP contribution in [-0.2, 0) is 9.53 Å². The number of rotatable bonds is 2. The van der Waals surface area contributed by atoms with E-state index in [1.807, 2.05) is 6.92 Å². The summed E-state index contributed by atoms with van der Waals surface area (Å²) in [5, 5.41) is 0. The Kier molecular flexibility index (Phi) is 3.16. The van der Waals surface area contributed by atoms with E-state index in [-0.39, 0.29) is 18.0 Å². The SMILES string of the molecule is CC[C@@H]1C(=O)O[C@H](CI)[C@H]1C. The van der Waals surface area contributed by atoms with Crippen molar-refractivity contribution in [2.75, 3.05) is 4.43 Å². The van der Waals surface area contributed by atoms with E-state index in [1.165, 1.54) is 0 Å². The molecule has 0 aromatic carbocycles. The second kappa shape index (κ2) is 3.74. The molecule has 1 fully saturated rings. The standard InChI is InChI=1S/C8H13IO2/c1-3-6-5(2)7(4-9)11-8(6)10/h5-7H,3-4H2,1-2H3/t5-,6-,7+/m0/s1. The zero-order valence-corrected chi connectivity index (χ0v) is 9.00. The van der Waals surface area contributed by atoms with E-state index in [0.29, 0.717) is 5.92 Å². The maximum Gasteiger partial charge on any atom is 0.309 e. The molecule has 0 aromatic heterocycles. The van der Waals surface area contributed by atoms with Gasteiger partial charge in [0.15, 0.2) is 0 Å². The lowest BCUT2D eigenvalue weighted by atomic mass is 9.91. The van der Waals surface area contributed by atoms with E-state index >= 15 is 0 Å². The molecule has 0 aliphatic carbocycles. The van der Waals surface area contributed by atoms with Crippen molar-refractivity contribution in [3.05, 3.63) is 0 Å². The van der Waals surface area contributed by atoms with Crippen molar-refractivity contribution >= 4 is 28.6 Å². The largest absolute Gasteiger partial charge is 0.461 e. The van der Waals surface area contributed by atoms with Crippen LogP contribution in [0.5, 0.6) is 0 Å². The Balaban J connectivity index is 2.62. The fourth-order valence-electron chi connectivity index (χ4n) is 1.53. The van der Waals surface area contributed by atoms with Gasteiger partial charge >= 0.3 is 5.97 Å². The lowest BCUT2D eigenvalue weighted by Crippen LogP contribution is -2.18. The molecule has 64 valence electrons. The van der Waals surface area contributed by atoms with Gasteiger partial charge in [-0.3, -0.25) is 4.79 Å². The van der Waals surface area contributed by atoms with Crippen molar-refractivity contribution in [3.63, 3.8) is 0 Å². The van der Waals surface area contributed by atoms with Crippen LogP contribution in [-0.4, -0.2) is 16.5 Å². The molecule has 1 rings (SSSR count). The van der Waals surface area contributed by atoms with Gasteiger partial charge in [-0.15, -0.1) is 0 Å². The van der Waals surface area contributed by atoms with Gasteiger partial charge in [0.25, 0.3) is 0 Å². The first-order valence-corrected chi connectivity index (χ1v) is 5.49. The number of carbonyl (C=O) groups excluding carboxylic acids is 1. The predicted molar refractivity (Wildman–Crippen MR) is 51.7 cm³/mol. The van der Waals surface area contributed by atoms with Crippen molar-refractivity contribution in [2.45, 2.75) is 26.4 Å². The number of esters is 1. The van der Waals surface area contributed by atoms with Gasteiger partial charge in [-0.05, 0) is 6.42 Å². The molecule has 1 aliphatic heterocycles. The molecule has 0 aromatic rings. The van der Waals surface area contributed by atoms with Crippen molar-refractivity contribution in [1.82, 2.24) is 0 Å². The summed E-state index contributed by atoms with van der Waals surface area (Å²) in [6, 6.07) is 0. The topological polar surface area (TPSA) is 26.3 Å². The molecule has 0 unspecified atom stereocenters. The number of halogens is 1. The van der Waals surface area contributed by atoms with Gasteiger partial charge < -0.3 is 4.74 Å². The summed E-state index contributed by atoms with van der Waals surface area (Å²) in [7, 11) is 0. The van der Waals surface area contributed by atoms with E-state index < -0.39 is 0 Å². The predicted octanol–water partition coefficient (Wildman–Crippen LogP) is 2.01.